The van der Waals surface area contributed by atoms with Crippen LogP contribution in [0.5, 0.6) is 0 Å². The molecule has 150 valence electrons. The van der Waals surface area contributed by atoms with Crippen LogP contribution in [0.1, 0.15) is 24.9 Å². The van der Waals surface area contributed by atoms with Crippen LogP contribution in [-0.2, 0) is 20.9 Å². The zero-order chi connectivity index (χ0) is 20.6. The van der Waals surface area contributed by atoms with E-state index in [1.165, 1.54) is 4.80 Å². The molecule has 0 spiro atoms. The molecular weight excluding hydrogens is 394 g/mol. The Labute approximate surface area is 172 Å². The highest BCUT2D eigenvalue weighted by Gasteiger charge is 2.22. The van der Waals surface area contributed by atoms with Gasteiger partial charge in [-0.25, -0.2) is 0 Å². The molecule has 0 aliphatic rings. The minimum atomic E-state index is -0.632. The summed E-state index contributed by atoms with van der Waals surface area (Å²) in [6, 6.07) is 15.7. The molecule has 1 amide bonds. The number of carbonyl (C=O) groups excluding carboxylic acids is 2. The number of amides is 1. The van der Waals surface area contributed by atoms with Crippen molar-refractivity contribution in [3.05, 3.63) is 65.2 Å². The van der Waals surface area contributed by atoms with E-state index in [0.717, 1.165) is 5.56 Å². The van der Waals surface area contributed by atoms with Crippen LogP contribution in [0.2, 0.25) is 5.02 Å². The van der Waals surface area contributed by atoms with Crippen LogP contribution in [-0.4, -0.2) is 38.7 Å². The summed E-state index contributed by atoms with van der Waals surface area (Å²) in [5, 5.41) is 15.4. The summed E-state index contributed by atoms with van der Waals surface area (Å²) in [6.45, 7) is 1.83. The third kappa shape index (κ3) is 5.61. The highest BCUT2D eigenvalue weighted by molar-refractivity contribution is 6.31. The summed E-state index contributed by atoms with van der Waals surface area (Å²) in [7, 11) is 0. The zero-order valence-corrected chi connectivity index (χ0v) is 16.5. The lowest BCUT2D eigenvalue weighted by molar-refractivity contribution is -0.143. The van der Waals surface area contributed by atoms with Gasteiger partial charge in [0.05, 0.1) is 19.1 Å². The Morgan fingerprint density at radius 3 is 2.59 bits per heavy atom. The first-order valence-corrected chi connectivity index (χ1v) is 9.47. The number of nitrogens with zero attached hydrogens (tertiary/aromatic N) is 4. The number of nitrogens with one attached hydrogen (secondary N) is 1. The second-order valence-electron chi connectivity index (χ2n) is 6.16. The molecule has 0 aliphatic carbocycles. The van der Waals surface area contributed by atoms with Gasteiger partial charge in [-0.15, -0.1) is 10.2 Å². The van der Waals surface area contributed by atoms with E-state index in [4.69, 9.17) is 16.3 Å². The number of hydrogen-bond acceptors (Lipinski definition) is 6. The van der Waals surface area contributed by atoms with E-state index in [9.17, 15) is 9.59 Å². The topological polar surface area (TPSA) is 99.0 Å². The molecule has 0 fully saturated rings. The molecular formula is C20H20ClN5O3. The number of benzene rings is 2. The largest absolute Gasteiger partial charge is 0.466 e. The van der Waals surface area contributed by atoms with E-state index in [1.807, 2.05) is 30.3 Å². The fourth-order valence-corrected chi connectivity index (χ4v) is 3.03. The molecule has 0 saturated carbocycles. The number of rotatable bonds is 8. The Morgan fingerprint density at radius 2 is 1.86 bits per heavy atom. The highest BCUT2D eigenvalue weighted by atomic mass is 35.5. The second kappa shape index (κ2) is 9.79. The molecule has 1 N–H and O–H groups in total. The van der Waals surface area contributed by atoms with Gasteiger partial charge in [-0.1, -0.05) is 60.1 Å². The first kappa shape index (κ1) is 20.5. The molecule has 3 rings (SSSR count). The number of aromatic nitrogens is 4. The molecule has 0 saturated heterocycles. The molecule has 1 aromatic heterocycles. The van der Waals surface area contributed by atoms with Crippen molar-refractivity contribution >= 4 is 23.5 Å². The summed E-state index contributed by atoms with van der Waals surface area (Å²) in [5.74, 6) is -0.383. The van der Waals surface area contributed by atoms with E-state index in [2.05, 4.69) is 20.7 Å². The summed E-state index contributed by atoms with van der Waals surface area (Å²) < 4.78 is 5.01. The van der Waals surface area contributed by atoms with Crippen molar-refractivity contribution in [3.63, 3.8) is 0 Å². The quantitative estimate of drug-likeness (QED) is 0.570. The van der Waals surface area contributed by atoms with Gasteiger partial charge in [0.15, 0.2) is 0 Å². The Hall–Kier alpha value is -3.26. The fraction of sp³-hybridized carbons (Fsp3) is 0.250. The predicted octanol–water partition coefficient (Wildman–Crippen LogP) is 2.80. The van der Waals surface area contributed by atoms with Gasteiger partial charge in [-0.05, 0) is 23.8 Å². The lowest BCUT2D eigenvalue weighted by Crippen LogP contribution is -2.34. The van der Waals surface area contributed by atoms with E-state index in [0.29, 0.717) is 16.4 Å². The molecule has 0 bridgehead atoms. The number of esters is 1. The van der Waals surface area contributed by atoms with Crippen molar-refractivity contribution in [1.29, 1.82) is 0 Å². The van der Waals surface area contributed by atoms with E-state index in [-0.39, 0.29) is 25.5 Å². The Morgan fingerprint density at radius 1 is 1.14 bits per heavy atom. The number of halogens is 1. The maximum absolute atomic E-state index is 12.6. The fourth-order valence-electron chi connectivity index (χ4n) is 2.76. The molecule has 0 aliphatic heterocycles. The summed E-state index contributed by atoms with van der Waals surface area (Å²) in [6.07, 6.45) is -0.0383. The molecule has 1 heterocycles. The second-order valence-corrected chi connectivity index (χ2v) is 6.57. The maximum Gasteiger partial charge on any atom is 0.308 e. The van der Waals surface area contributed by atoms with Crippen LogP contribution >= 0.6 is 11.6 Å². The normalized spacial score (nSPS) is 11.7. The maximum atomic E-state index is 12.6. The molecule has 0 radical (unpaired) electrons. The SMILES string of the molecule is CCOC(=O)C[C@H](NC(=O)Cn1nnc(-c2ccccc2)n1)c1ccccc1Cl. The lowest BCUT2D eigenvalue weighted by atomic mass is 10.0. The minimum Gasteiger partial charge on any atom is -0.466 e. The molecule has 0 unspecified atom stereocenters. The van der Waals surface area contributed by atoms with E-state index < -0.39 is 12.0 Å². The van der Waals surface area contributed by atoms with Crippen molar-refractivity contribution in [1.82, 2.24) is 25.5 Å². The Balaban J connectivity index is 1.70. The first-order valence-electron chi connectivity index (χ1n) is 9.09. The lowest BCUT2D eigenvalue weighted by Gasteiger charge is -2.19. The average Bonchev–Trinajstić information content (AvgIpc) is 3.17. The standard InChI is InChI=1S/C20H20ClN5O3/c1-2-29-19(28)12-17(15-10-6-7-11-16(15)21)22-18(27)13-26-24-20(23-25-26)14-8-4-3-5-9-14/h3-11,17H,2,12-13H2,1H3,(H,22,27)/t17-/m0/s1. The van der Waals surface area contributed by atoms with Crippen LogP contribution in [0.4, 0.5) is 0 Å². The number of ether oxygens (including phenoxy) is 1. The Kier molecular flexibility index (Phi) is 6.91. The van der Waals surface area contributed by atoms with Crippen LogP contribution in [0.25, 0.3) is 11.4 Å². The van der Waals surface area contributed by atoms with Crippen LogP contribution in [0.15, 0.2) is 54.6 Å². The highest BCUT2D eigenvalue weighted by Crippen LogP contribution is 2.25. The molecule has 2 aromatic carbocycles. The summed E-state index contributed by atoms with van der Waals surface area (Å²) in [4.78, 5) is 25.7. The first-order chi connectivity index (χ1) is 14.1. The van der Waals surface area contributed by atoms with Crippen LogP contribution < -0.4 is 5.32 Å². The van der Waals surface area contributed by atoms with Gasteiger partial charge >= 0.3 is 5.97 Å². The molecule has 9 heteroatoms. The number of carbonyl (C=O) groups is 2. The van der Waals surface area contributed by atoms with Gasteiger partial charge in [-0.2, -0.15) is 4.80 Å². The van der Waals surface area contributed by atoms with Gasteiger partial charge in [0.2, 0.25) is 11.7 Å². The van der Waals surface area contributed by atoms with Crippen molar-refractivity contribution in [2.45, 2.75) is 25.9 Å². The van der Waals surface area contributed by atoms with Crippen molar-refractivity contribution in [2.24, 2.45) is 0 Å². The van der Waals surface area contributed by atoms with Crippen LogP contribution in [0.3, 0.4) is 0 Å². The Bertz CT molecular complexity index is 977. The average molecular weight is 414 g/mol. The van der Waals surface area contributed by atoms with Crippen molar-refractivity contribution in [3.8, 4) is 11.4 Å². The molecule has 29 heavy (non-hydrogen) atoms. The molecule has 3 aromatic rings. The predicted molar refractivity (Wildman–Crippen MR) is 107 cm³/mol. The third-order valence-electron chi connectivity index (χ3n) is 4.06. The van der Waals surface area contributed by atoms with Crippen molar-refractivity contribution < 1.29 is 14.3 Å². The summed E-state index contributed by atoms with van der Waals surface area (Å²) >= 11 is 6.25. The summed E-state index contributed by atoms with van der Waals surface area (Å²) in [5.41, 5.74) is 1.43. The van der Waals surface area contributed by atoms with Crippen molar-refractivity contribution in [2.75, 3.05) is 6.61 Å². The van der Waals surface area contributed by atoms with E-state index in [1.54, 1.807) is 31.2 Å². The molecule has 1 atom stereocenters. The minimum absolute atomic E-state index is 0.0383. The van der Waals surface area contributed by atoms with Gasteiger partial charge < -0.3 is 10.1 Å². The zero-order valence-electron chi connectivity index (χ0n) is 15.8. The third-order valence-corrected chi connectivity index (χ3v) is 4.41. The van der Waals surface area contributed by atoms with Gasteiger partial charge in [0.1, 0.15) is 6.54 Å². The van der Waals surface area contributed by atoms with Gasteiger partial charge in [-0.3, -0.25) is 9.59 Å². The van der Waals surface area contributed by atoms with E-state index >= 15 is 0 Å². The number of hydrogen-bond donors (Lipinski definition) is 1. The smallest absolute Gasteiger partial charge is 0.308 e. The molecule has 8 nitrogen and oxygen atoms in total. The van der Waals surface area contributed by atoms with Gasteiger partial charge in [0.25, 0.3) is 0 Å². The number of tetrazole rings is 1. The van der Waals surface area contributed by atoms with Crippen LogP contribution in [0, 0.1) is 0 Å². The monoisotopic (exact) mass is 413 g/mol. The van der Waals surface area contributed by atoms with Gasteiger partial charge in [0, 0.05) is 10.6 Å².